The molecule has 2 amide bonds. The zero-order valence-electron chi connectivity index (χ0n) is 16.6. The van der Waals surface area contributed by atoms with Crippen molar-refractivity contribution in [2.45, 2.75) is 11.3 Å². The molecule has 6 heteroatoms. The summed E-state index contributed by atoms with van der Waals surface area (Å²) >= 11 is 1.39. The molecule has 0 saturated carbocycles. The standard InChI is InChI=1S/C24H22N2O3S/c1-29-19-12-10-18(11-13-19)25-24(28)20-7-3-5-9-22(20)30-16-23(27)26-15-14-17-6-2-4-8-21(17)26/h2-13H,14-16H2,1H3,(H,25,28). The van der Waals surface area contributed by atoms with Crippen LogP contribution in [0.25, 0.3) is 0 Å². The Bertz CT molecular complexity index is 1070. The number of fused-ring (bicyclic) bond motifs is 1. The minimum Gasteiger partial charge on any atom is -0.497 e. The minimum absolute atomic E-state index is 0.0512. The van der Waals surface area contributed by atoms with Gasteiger partial charge in [-0.05, 0) is 54.4 Å². The Hall–Kier alpha value is -3.25. The Labute approximate surface area is 180 Å². The van der Waals surface area contributed by atoms with Gasteiger partial charge in [-0.25, -0.2) is 0 Å². The monoisotopic (exact) mass is 418 g/mol. The molecule has 1 N–H and O–H groups in total. The lowest BCUT2D eigenvalue weighted by Gasteiger charge is -2.17. The number of carbonyl (C=O) groups is 2. The number of ether oxygens (including phenoxy) is 1. The van der Waals surface area contributed by atoms with Crippen LogP contribution in [-0.2, 0) is 11.2 Å². The number of methoxy groups -OCH3 is 1. The molecule has 0 radical (unpaired) electrons. The predicted octanol–water partition coefficient (Wildman–Crippen LogP) is 4.63. The molecule has 4 rings (SSSR count). The maximum absolute atomic E-state index is 12.8. The highest BCUT2D eigenvalue weighted by molar-refractivity contribution is 8.00. The van der Waals surface area contributed by atoms with Crippen molar-refractivity contribution in [2.75, 3.05) is 29.6 Å². The largest absolute Gasteiger partial charge is 0.497 e. The van der Waals surface area contributed by atoms with E-state index in [9.17, 15) is 9.59 Å². The van der Waals surface area contributed by atoms with Crippen molar-refractivity contribution >= 4 is 35.0 Å². The van der Waals surface area contributed by atoms with Crippen LogP contribution in [0.1, 0.15) is 15.9 Å². The smallest absolute Gasteiger partial charge is 0.256 e. The van der Waals surface area contributed by atoms with Crippen LogP contribution in [0, 0.1) is 0 Å². The second-order valence-corrected chi connectivity index (χ2v) is 7.91. The van der Waals surface area contributed by atoms with Crippen molar-refractivity contribution in [2.24, 2.45) is 0 Å². The molecule has 3 aromatic carbocycles. The van der Waals surface area contributed by atoms with Crippen LogP contribution in [-0.4, -0.2) is 31.2 Å². The molecule has 5 nitrogen and oxygen atoms in total. The van der Waals surface area contributed by atoms with Crippen molar-refractivity contribution in [1.29, 1.82) is 0 Å². The zero-order valence-corrected chi connectivity index (χ0v) is 17.4. The van der Waals surface area contributed by atoms with Crippen LogP contribution in [0.2, 0.25) is 0 Å². The van der Waals surface area contributed by atoms with Gasteiger partial charge in [-0.1, -0.05) is 30.3 Å². The summed E-state index contributed by atoms with van der Waals surface area (Å²) in [6.07, 6.45) is 0.882. The van der Waals surface area contributed by atoms with Gasteiger partial charge >= 0.3 is 0 Å². The molecule has 0 unspecified atom stereocenters. The molecule has 1 aliphatic rings. The highest BCUT2D eigenvalue weighted by Gasteiger charge is 2.24. The Morgan fingerprint density at radius 2 is 1.73 bits per heavy atom. The molecule has 0 saturated heterocycles. The van der Waals surface area contributed by atoms with E-state index in [2.05, 4.69) is 11.4 Å². The first kappa shape index (κ1) is 20.0. The van der Waals surface area contributed by atoms with Gasteiger partial charge in [0.15, 0.2) is 0 Å². The Morgan fingerprint density at radius 3 is 2.53 bits per heavy atom. The Morgan fingerprint density at radius 1 is 1.00 bits per heavy atom. The summed E-state index contributed by atoms with van der Waals surface area (Å²) in [7, 11) is 1.60. The second kappa shape index (κ2) is 9.05. The lowest BCUT2D eigenvalue weighted by atomic mass is 10.2. The highest BCUT2D eigenvalue weighted by Crippen LogP contribution is 2.30. The molecule has 0 bridgehead atoms. The number of carbonyl (C=O) groups excluding carboxylic acids is 2. The van der Waals surface area contributed by atoms with E-state index in [0.717, 1.165) is 22.8 Å². The fraction of sp³-hybridized carbons (Fsp3) is 0.167. The highest BCUT2D eigenvalue weighted by atomic mass is 32.2. The summed E-state index contributed by atoms with van der Waals surface area (Å²) in [6, 6.07) is 22.5. The van der Waals surface area contributed by atoms with E-state index in [4.69, 9.17) is 4.74 Å². The molecule has 0 fully saturated rings. The summed E-state index contributed by atoms with van der Waals surface area (Å²) in [4.78, 5) is 28.2. The SMILES string of the molecule is COc1ccc(NC(=O)c2ccccc2SCC(=O)N2CCc3ccccc32)cc1. The van der Waals surface area contributed by atoms with Crippen LogP contribution >= 0.6 is 11.8 Å². The van der Waals surface area contributed by atoms with Gasteiger partial charge in [0.2, 0.25) is 5.91 Å². The van der Waals surface area contributed by atoms with Gasteiger partial charge in [-0.2, -0.15) is 0 Å². The average molecular weight is 419 g/mol. The number of nitrogens with zero attached hydrogens (tertiary/aromatic N) is 1. The maximum atomic E-state index is 12.8. The number of anilines is 2. The molecule has 1 heterocycles. The van der Waals surface area contributed by atoms with Gasteiger partial charge in [-0.3, -0.25) is 9.59 Å². The Kier molecular flexibility index (Phi) is 6.05. The van der Waals surface area contributed by atoms with Crippen molar-refractivity contribution in [3.63, 3.8) is 0 Å². The second-order valence-electron chi connectivity index (χ2n) is 6.89. The van der Waals surface area contributed by atoms with Gasteiger partial charge in [0.05, 0.1) is 18.4 Å². The molecule has 0 atom stereocenters. The predicted molar refractivity (Wildman–Crippen MR) is 121 cm³/mol. The molecular formula is C24H22N2O3S. The Balaban J connectivity index is 1.43. The summed E-state index contributed by atoms with van der Waals surface area (Å²) in [5.74, 6) is 0.852. The lowest BCUT2D eigenvalue weighted by molar-refractivity contribution is -0.116. The lowest BCUT2D eigenvalue weighted by Crippen LogP contribution is -2.30. The number of thioether (sulfide) groups is 1. The van der Waals surface area contributed by atoms with E-state index >= 15 is 0 Å². The van der Waals surface area contributed by atoms with Gasteiger partial charge in [0.1, 0.15) is 5.75 Å². The van der Waals surface area contributed by atoms with E-state index in [1.165, 1.54) is 17.3 Å². The topological polar surface area (TPSA) is 58.6 Å². The molecular weight excluding hydrogens is 396 g/mol. The van der Waals surface area contributed by atoms with E-state index in [1.807, 2.05) is 41.3 Å². The van der Waals surface area contributed by atoms with Gasteiger partial charge in [-0.15, -0.1) is 11.8 Å². The minimum atomic E-state index is -0.206. The first-order chi connectivity index (χ1) is 14.7. The average Bonchev–Trinajstić information content (AvgIpc) is 3.22. The number of hydrogen-bond donors (Lipinski definition) is 1. The van der Waals surface area contributed by atoms with E-state index in [0.29, 0.717) is 17.8 Å². The normalized spacial score (nSPS) is 12.4. The van der Waals surface area contributed by atoms with Gasteiger partial charge in [0.25, 0.3) is 5.91 Å². The summed E-state index contributed by atoms with van der Waals surface area (Å²) < 4.78 is 5.14. The quantitative estimate of drug-likeness (QED) is 0.593. The third-order valence-corrected chi connectivity index (χ3v) is 6.08. The third kappa shape index (κ3) is 4.33. The van der Waals surface area contributed by atoms with Crippen molar-refractivity contribution in [3.8, 4) is 5.75 Å². The first-order valence-electron chi connectivity index (χ1n) is 9.71. The molecule has 0 aromatic heterocycles. The first-order valence-corrected chi connectivity index (χ1v) is 10.7. The number of hydrogen-bond acceptors (Lipinski definition) is 4. The molecule has 0 spiro atoms. The number of benzene rings is 3. The summed E-state index contributed by atoms with van der Waals surface area (Å²) in [6.45, 7) is 0.707. The van der Waals surface area contributed by atoms with Crippen LogP contribution in [0.3, 0.4) is 0 Å². The van der Waals surface area contributed by atoms with Crippen LogP contribution in [0.15, 0.2) is 77.7 Å². The molecule has 0 aliphatic carbocycles. The third-order valence-electron chi connectivity index (χ3n) is 5.02. The summed E-state index contributed by atoms with van der Waals surface area (Å²) in [5.41, 5.74) is 3.43. The van der Waals surface area contributed by atoms with Gasteiger partial charge in [0, 0.05) is 22.8 Å². The van der Waals surface area contributed by atoms with E-state index < -0.39 is 0 Å². The van der Waals surface area contributed by atoms with Crippen molar-refractivity contribution in [1.82, 2.24) is 0 Å². The zero-order chi connectivity index (χ0) is 20.9. The van der Waals surface area contributed by atoms with Crippen LogP contribution in [0.5, 0.6) is 5.75 Å². The molecule has 30 heavy (non-hydrogen) atoms. The van der Waals surface area contributed by atoms with E-state index in [-0.39, 0.29) is 17.6 Å². The number of amides is 2. The van der Waals surface area contributed by atoms with Crippen molar-refractivity contribution < 1.29 is 14.3 Å². The number of para-hydroxylation sites is 1. The van der Waals surface area contributed by atoms with Crippen molar-refractivity contribution in [3.05, 3.63) is 83.9 Å². The maximum Gasteiger partial charge on any atom is 0.256 e. The molecule has 152 valence electrons. The fourth-order valence-electron chi connectivity index (χ4n) is 3.47. The molecule has 3 aromatic rings. The molecule has 1 aliphatic heterocycles. The number of rotatable bonds is 6. The van der Waals surface area contributed by atoms with E-state index in [1.54, 1.807) is 37.4 Å². The number of nitrogens with one attached hydrogen (secondary N) is 1. The van der Waals surface area contributed by atoms with Crippen LogP contribution < -0.4 is 15.0 Å². The fourth-order valence-corrected chi connectivity index (χ4v) is 4.39. The summed E-state index contributed by atoms with van der Waals surface area (Å²) in [5, 5.41) is 2.90. The van der Waals surface area contributed by atoms with Crippen LogP contribution in [0.4, 0.5) is 11.4 Å². The van der Waals surface area contributed by atoms with Gasteiger partial charge < -0.3 is 15.0 Å².